The maximum absolute atomic E-state index is 9.99. The summed E-state index contributed by atoms with van der Waals surface area (Å²) in [5, 5.41) is 13.3. The Bertz CT molecular complexity index is 409. The largest absolute Gasteiger partial charge is 0.493 e. The number of likely N-dealkylation sites (N-methyl/N-ethyl adjacent to an activating group) is 1. The van der Waals surface area contributed by atoms with Crippen LogP contribution in [0.25, 0.3) is 0 Å². The van der Waals surface area contributed by atoms with Crippen molar-refractivity contribution in [3.8, 4) is 11.5 Å². The van der Waals surface area contributed by atoms with Crippen molar-refractivity contribution in [2.45, 2.75) is 26.5 Å². The summed E-state index contributed by atoms with van der Waals surface area (Å²) in [6.45, 7) is 8.10. The molecule has 0 saturated heterocycles. The molecule has 0 aromatic heterocycles. The topological polar surface area (TPSA) is 54.0 Å². The summed E-state index contributed by atoms with van der Waals surface area (Å²) in [5.74, 6) is 1.45. The van der Waals surface area contributed by atoms with Crippen molar-refractivity contribution < 1.29 is 14.6 Å². The van der Waals surface area contributed by atoms with Crippen molar-refractivity contribution in [1.82, 2.24) is 10.2 Å². The molecule has 0 saturated carbocycles. The van der Waals surface area contributed by atoms with Gasteiger partial charge in [-0.05, 0) is 30.8 Å². The highest BCUT2D eigenvalue weighted by molar-refractivity contribution is 5.42. The molecule has 0 aliphatic heterocycles. The Hall–Kier alpha value is -1.30. The molecule has 0 fully saturated rings. The average molecular weight is 296 g/mol. The van der Waals surface area contributed by atoms with Gasteiger partial charge in [-0.3, -0.25) is 0 Å². The van der Waals surface area contributed by atoms with Crippen molar-refractivity contribution in [1.29, 1.82) is 0 Å². The van der Waals surface area contributed by atoms with Gasteiger partial charge in [-0.25, -0.2) is 0 Å². The highest BCUT2D eigenvalue weighted by atomic mass is 16.5. The van der Waals surface area contributed by atoms with Gasteiger partial charge in [-0.1, -0.05) is 19.9 Å². The van der Waals surface area contributed by atoms with E-state index in [0.717, 1.165) is 30.2 Å². The maximum Gasteiger partial charge on any atom is 0.161 e. The van der Waals surface area contributed by atoms with E-state index in [2.05, 4.69) is 24.1 Å². The summed E-state index contributed by atoms with van der Waals surface area (Å²) in [6.07, 6.45) is -0.356. The lowest BCUT2D eigenvalue weighted by Crippen LogP contribution is -2.38. The lowest BCUT2D eigenvalue weighted by atomic mass is 10.2. The molecule has 120 valence electrons. The van der Waals surface area contributed by atoms with Crippen molar-refractivity contribution in [2.24, 2.45) is 0 Å². The first-order valence-electron chi connectivity index (χ1n) is 7.46. The molecule has 5 nitrogen and oxygen atoms in total. The number of benzene rings is 1. The van der Waals surface area contributed by atoms with Gasteiger partial charge in [0.2, 0.25) is 0 Å². The lowest BCUT2D eigenvalue weighted by molar-refractivity contribution is 0.116. The van der Waals surface area contributed by atoms with E-state index in [9.17, 15) is 5.11 Å². The van der Waals surface area contributed by atoms with Gasteiger partial charge in [0.15, 0.2) is 11.5 Å². The van der Waals surface area contributed by atoms with Gasteiger partial charge in [0, 0.05) is 19.6 Å². The molecule has 1 aromatic rings. The van der Waals surface area contributed by atoms with Crippen molar-refractivity contribution in [2.75, 3.05) is 40.4 Å². The fourth-order valence-electron chi connectivity index (χ4n) is 2.22. The van der Waals surface area contributed by atoms with Crippen molar-refractivity contribution >= 4 is 0 Å². The number of rotatable bonds is 10. The number of nitrogens with one attached hydrogen (secondary N) is 1. The van der Waals surface area contributed by atoms with Crippen LogP contribution in [0.4, 0.5) is 0 Å². The zero-order chi connectivity index (χ0) is 15.7. The van der Waals surface area contributed by atoms with Crippen LogP contribution in [0.15, 0.2) is 18.2 Å². The number of hydrogen-bond donors (Lipinski definition) is 2. The first kappa shape index (κ1) is 17.8. The van der Waals surface area contributed by atoms with Crippen LogP contribution in [0.1, 0.15) is 19.4 Å². The molecule has 0 radical (unpaired) electrons. The number of aliphatic hydroxyl groups excluding tert-OH is 1. The number of hydrogen-bond acceptors (Lipinski definition) is 5. The van der Waals surface area contributed by atoms with Crippen LogP contribution in [-0.2, 0) is 6.54 Å². The van der Waals surface area contributed by atoms with Gasteiger partial charge in [0.25, 0.3) is 0 Å². The van der Waals surface area contributed by atoms with Gasteiger partial charge in [-0.15, -0.1) is 0 Å². The van der Waals surface area contributed by atoms with Crippen LogP contribution >= 0.6 is 0 Å². The van der Waals surface area contributed by atoms with E-state index in [0.29, 0.717) is 19.6 Å². The predicted octanol–water partition coefficient (Wildman–Crippen LogP) is 1.50. The van der Waals surface area contributed by atoms with Crippen LogP contribution in [0.5, 0.6) is 11.5 Å². The van der Waals surface area contributed by atoms with Gasteiger partial charge >= 0.3 is 0 Å². The number of methoxy groups -OCH3 is 2. The van der Waals surface area contributed by atoms with E-state index in [-0.39, 0.29) is 6.10 Å². The second kappa shape index (κ2) is 9.60. The van der Waals surface area contributed by atoms with Crippen molar-refractivity contribution in [3.05, 3.63) is 23.8 Å². The fourth-order valence-corrected chi connectivity index (χ4v) is 2.22. The van der Waals surface area contributed by atoms with E-state index in [1.807, 2.05) is 18.2 Å². The smallest absolute Gasteiger partial charge is 0.161 e. The standard InChI is InChI=1S/C16H28N2O3/c1-5-18(6-2)12-14(19)11-17-10-13-7-8-15(20-3)16(9-13)21-4/h7-9,14,17,19H,5-6,10-12H2,1-4H3. The first-order chi connectivity index (χ1) is 10.1. The third-order valence-electron chi connectivity index (χ3n) is 3.52. The molecule has 1 atom stereocenters. The van der Waals surface area contributed by atoms with Gasteiger partial charge in [0.05, 0.1) is 20.3 Å². The Balaban J connectivity index is 2.41. The van der Waals surface area contributed by atoms with Crippen LogP contribution < -0.4 is 14.8 Å². The molecule has 1 unspecified atom stereocenters. The molecule has 0 bridgehead atoms. The monoisotopic (exact) mass is 296 g/mol. The van der Waals surface area contributed by atoms with E-state index in [1.165, 1.54) is 0 Å². The summed E-state index contributed by atoms with van der Waals surface area (Å²) in [5.41, 5.74) is 1.10. The van der Waals surface area contributed by atoms with Crippen LogP contribution in [0, 0.1) is 0 Å². The van der Waals surface area contributed by atoms with Gasteiger partial charge in [-0.2, -0.15) is 0 Å². The van der Waals surface area contributed by atoms with E-state index in [4.69, 9.17) is 9.47 Å². The molecular formula is C16H28N2O3. The third kappa shape index (κ3) is 5.91. The average Bonchev–Trinajstić information content (AvgIpc) is 2.52. The molecule has 0 amide bonds. The summed E-state index contributed by atoms with van der Waals surface area (Å²) < 4.78 is 10.5. The Morgan fingerprint density at radius 2 is 1.81 bits per heavy atom. The van der Waals surface area contributed by atoms with Gasteiger partial charge < -0.3 is 24.8 Å². The minimum Gasteiger partial charge on any atom is -0.493 e. The Morgan fingerprint density at radius 3 is 2.38 bits per heavy atom. The quantitative estimate of drug-likeness (QED) is 0.685. The number of aliphatic hydroxyl groups is 1. The molecule has 1 aromatic carbocycles. The van der Waals surface area contributed by atoms with E-state index >= 15 is 0 Å². The minimum absolute atomic E-state index is 0.356. The summed E-state index contributed by atoms with van der Waals surface area (Å²) in [4.78, 5) is 2.21. The Labute approximate surface area is 127 Å². The van der Waals surface area contributed by atoms with Crippen molar-refractivity contribution in [3.63, 3.8) is 0 Å². The molecule has 1 rings (SSSR count). The molecule has 0 heterocycles. The molecule has 2 N–H and O–H groups in total. The van der Waals surface area contributed by atoms with Crippen LogP contribution in [-0.4, -0.2) is 56.5 Å². The molecule has 0 aliphatic rings. The van der Waals surface area contributed by atoms with Gasteiger partial charge in [0.1, 0.15) is 0 Å². The highest BCUT2D eigenvalue weighted by Gasteiger charge is 2.09. The normalized spacial score (nSPS) is 12.5. The van der Waals surface area contributed by atoms with Crippen LogP contribution in [0.2, 0.25) is 0 Å². The number of ether oxygens (including phenoxy) is 2. The molecular weight excluding hydrogens is 268 g/mol. The predicted molar refractivity (Wildman–Crippen MR) is 85.0 cm³/mol. The van der Waals surface area contributed by atoms with Crippen LogP contribution in [0.3, 0.4) is 0 Å². The Morgan fingerprint density at radius 1 is 1.14 bits per heavy atom. The molecule has 0 aliphatic carbocycles. The first-order valence-corrected chi connectivity index (χ1v) is 7.46. The van der Waals surface area contributed by atoms with E-state index < -0.39 is 0 Å². The molecule has 0 spiro atoms. The second-order valence-corrected chi connectivity index (χ2v) is 4.96. The molecule has 5 heteroatoms. The zero-order valence-electron chi connectivity index (χ0n) is 13.6. The highest BCUT2D eigenvalue weighted by Crippen LogP contribution is 2.27. The Kier molecular flexibility index (Phi) is 8.12. The maximum atomic E-state index is 9.99. The number of nitrogens with zero attached hydrogens (tertiary/aromatic N) is 1. The fraction of sp³-hybridized carbons (Fsp3) is 0.625. The summed E-state index contributed by atoms with van der Waals surface area (Å²) in [7, 11) is 3.25. The summed E-state index contributed by atoms with van der Waals surface area (Å²) in [6, 6.07) is 5.83. The van der Waals surface area contributed by atoms with E-state index in [1.54, 1.807) is 14.2 Å². The zero-order valence-corrected chi connectivity index (χ0v) is 13.6. The lowest BCUT2D eigenvalue weighted by Gasteiger charge is -2.22. The minimum atomic E-state index is -0.356. The SMILES string of the molecule is CCN(CC)CC(O)CNCc1ccc(OC)c(OC)c1. The third-order valence-corrected chi connectivity index (χ3v) is 3.52. The second-order valence-electron chi connectivity index (χ2n) is 4.96. The molecule has 21 heavy (non-hydrogen) atoms. The summed E-state index contributed by atoms with van der Waals surface area (Å²) >= 11 is 0.